The molecule has 0 amide bonds. The molecule has 2 aromatic heterocycles. The number of anilines is 1. The molecule has 0 saturated heterocycles. The van der Waals surface area contributed by atoms with Crippen molar-refractivity contribution in [2.45, 2.75) is 25.1 Å². The number of esters is 1. The first-order chi connectivity index (χ1) is 14.0. The van der Waals surface area contributed by atoms with E-state index >= 15 is 0 Å². The van der Waals surface area contributed by atoms with Crippen LogP contribution in [0.4, 0.5) is 5.82 Å². The van der Waals surface area contributed by atoms with Crippen molar-refractivity contribution in [1.82, 2.24) is 14.8 Å². The maximum absolute atomic E-state index is 11.9. The van der Waals surface area contributed by atoms with Gasteiger partial charge in [-0.05, 0) is 49.2 Å². The summed E-state index contributed by atoms with van der Waals surface area (Å²) in [7, 11) is 3.37. The number of ether oxygens (including phenoxy) is 1. The lowest BCUT2D eigenvalue weighted by atomic mass is 9.96. The Bertz CT molecular complexity index is 1050. The topological polar surface area (TPSA) is 69.0 Å². The maximum Gasteiger partial charge on any atom is 0.337 e. The fraction of sp³-hybridized carbons (Fsp3) is 0.318. The predicted octanol–water partition coefficient (Wildman–Crippen LogP) is 4.21. The largest absolute Gasteiger partial charge is 0.465 e. The molecule has 3 aromatic rings. The number of hydrogen-bond donors (Lipinski definition) is 1. The van der Waals surface area contributed by atoms with E-state index in [1.54, 1.807) is 6.20 Å². The van der Waals surface area contributed by atoms with E-state index < -0.39 is 0 Å². The molecule has 3 heterocycles. The van der Waals surface area contributed by atoms with Crippen molar-refractivity contribution in [3.8, 4) is 11.4 Å². The van der Waals surface area contributed by atoms with Gasteiger partial charge in [0.05, 0.1) is 23.6 Å². The highest BCUT2D eigenvalue weighted by atomic mass is 32.2. The van der Waals surface area contributed by atoms with Crippen LogP contribution < -0.4 is 5.32 Å². The van der Waals surface area contributed by atoms with Crippen LogP contribution in [0.5, 0.6) is 0 Å². The summed E-state index contributed by atoms with van der Waals surface area (Å²) in [4.78, 5) is 16.5. The number of benzene rings is 1. The monoisotopic (exact) mass is 408 g/mol. The second-order valence-electron chi connectivity index (χ2n) is 7.27. The molecule has 1 N–H and O–H groups in total. The van der Waals surface area contributed by atoms with Crippen molar-refractivity contribution in [2.75, 3.05) is 18.2 Å². The molecule has 0 spiro atoms. The Hall–Kier alpha value is -2.80. The molecule has 2 atom stereocenters. The van der Waals surface area contributed by atoms with Crippen LogP contribution in [0, 0.1) is 6.92 Å². The van der Waals surface area contributed by atoms with E-state index in [1.165, 1.54) is 12.7 Å². The van der Waals surface area contributed by atoms with Crippen LogP contribution >= 0.6 is 11.8 Å². The Kier molecular flexibility index (Phi) is 5.32. The number of fused-ring (bicyclic) bond motifs is 1. The fourth-order valence-electron chi connectivity index (χ4n) is 3.71. The van der Waals surface area contributed by atoms with Crippen molar-refractivity contribution in [3.05, 3.63) is 64.8 Å². The minimum absolute atomic E-state index is 0.0832. The molecule has 0 aliphatic carbocycles. The van der Waals surface area contributed by atoms with Crippen molar-refractivity contribution in [1.29, 1.82) is 0 Å². The molecule has 0 saturated carbocycles. The maximum atomic E-state index is 11.9. The molecule has 2 unspecified atom stereocenters. The van der Waals surface area contributed by atoms with Gasteiger partial charge in [0.2, 0.25) is 0 Å². The van der Waals surface area contributed by atoms with Gasteiger partial charge in [0.25, 0.3) is 0 Å². The van der Waals surface area contributed by atoms with Gasteiger partial charge in [0, 0.05) is 30.6 Å². The number of nitrogens with one attached hydrogen (secondary N) is 1. The van der Waals surface area contributed by atoms with E-state index in [1.807, 2.05) is 66.8 Å². The van der Waals surface area contributed by atoms with Gasteiger partial charge >= 0.3 is 5.97 Å². The summed E-state index contributed by atoms with van der Waals surface area (Å²) in [5.74, 6) is 1.66. The molecule has 7 heteroatoms. The molecule has 29 heavy (non-hydrogen) atoms. The van der Waals surface area contributed by atoms with Gasteiger partial charge in [-0.1, -0.05) is 12.1 Å². The van der Waals surface area contributed by atoms with Crippen LogP contribution in [0.15, 0.2) is 42.6 Å². The number of pyridine rings is 1. The molecule has 0 bridgehead atoms. The van der Waals surface area contributed by atoms with Crippen molar-refractivity contribution in [2.24, 2.45) is 7.05 Å². The molecule has 1 aromatic carbocycles. The number of thioether (sulfide) groups is 1. The SMILES string of the molecule is COC(=O)c1ccc(C2SCC(C)Nc3c2c(-c2ccccn2)nn3C)c(C)c1. The molecule has 4 rings (SSSR count). The van der Waals surface area contributed by atoms with Crippen LogP contribution in [0.25, 0.3) is 11.4 Å². The van der Waals surface area contributed by atoms with Crippen molar-refractivity contribution in [3.63, 3.8) is 0 Å². The smallest absolute Gasteiger partial charge is 0.337 e. The van der Waals surface area contributed by atoms with Crippen LogP contribution in [0.2, 0.25) is 0 Å². The molecule has 6 nitrogen and oxygen atoms in total. The van der Waals surface area contributed by atoms with E-state index in [9.17, 15) is 4.79 Å². The Balaban J connectivity index is 1.88. The number of aromatic nitrogens is 3. The lowest BCUT2D eigenvalue weighted by Gasteiger charge is -2.19. The molecule has 1 aliphatic rings. The minimum atomic E-state index is -0.320. The zero-order valence-electron chi connectivity index (χ0n) is 17.0. The summed E-state index contributed by atoms with van der Waals surface area (Å²) < 4.78 is 6.78. The van der Waals surface area contributed by atoms with Gasteiger partial charge < -0.3 is 10.1 Å². The summed E-state index contributed by atoms with van der Waals surface area (Å²) in [6.07, 6.45) is 1.79. The van der Waals surface area contributed by atoms with Gasteiger partial charge in [0.15, 0.2) is 0 Å². The zero-order chi connectivity index (χ0) is 20.5. The average Bonchev–Trinajstić information content (AvgIpc) is 2.94. The van der Waals surface area contributed by atoms with Gasteiger partial charge in [0.1, 0.15) is 11.5 Å². The Morgan fingerprint density at radius 2 is 2.14 bits per heavy atom. The highest BCUT2D eigenvalue weighted by molar-refractivity contribution is 7.99. The van der Waals surface area contributed by atoms with Crippen molar-refractivity contribution < 1.29 is 9.53 Å². The second-order valence-corrected chi connectivity index (χ2v) is 8.41. The van der Waals surface area contributed by atoms with Crippen molar-refractivity contribution >= 4 is 23.5 Å². The highest BCUT2D eigenvalue weighted by Crippen LogP contribution is 2.47. The summed E-state index contributed by atoms with van der Waals surface area (Å²) in [5.41, 5.74) is 5.67. The van der Waals surface area contributed by atoms with E-state index in [0.29, 0.717) is 11.6 Å². The van der Waals surface area contributed by atoms with Crippen LogP contribution in [0.3, 0.4) is 0 Å². The Morgan fingerprint density at radius 3 is 2.83 bits per heavy atom. The summed E-state index contributed by atoms with van der Waals surface area (Å²) >= 11 is 1.88. The molecule has 0 fully saturated rings. The number of rotatable bonds is 3. The third-order valence-corrected chi connectivity index (χ3v) is 6.64. The molecular weight excluding hydrogens is 384 g/mol. The lowest BCUT2D eigenvalue weighted by Crippen LogP contribution is -2.18. The van der Waals surface area contributed by atoms with Crippen LogP contribution in [-0.2, 0) is 11.8 Å². The van der Waals surface area contributed by atoms with Crippen LogP contribution in [0.1, 0.15) is 39.2 Å². The van der Waals surface area contributed by atoms with E-state index in [0.717, 1.165) is 34.1 Å². The number of carbonyl (C=O) groups excluding carboxylic acids is 1. The predicted molar refractivity (Wildman–Crippen MR) is 116 cm³/mol. The lowest BCUT2D eigenvalue weighted by molar-refractivity contribution is 0.0600. The number of methoxy groups -OCH3 is 1. The Labute approximate surface area is 174 Å². The van der Waals surface area contributed by atoms with Gasteiger partial charge in [-0.2, -0.15) is 5.10 Å². The second kappa shape index (κ2) is 7.91. The van der Waals surface area contributed by atoms with Crippen LogP contribution in [-0.4, -0.2) is 39.6 Å². The standard InChI is InChI=1S/C22H24N4O2S/c1-13-11-15(22(27)28-4)8-9-16(13)20-18-19(17-7-5-6-10-23-17)25-26(3)21(18)24-14(2)12-29-20/h5-11,14,20,24H,12H2,1-4H3. The van der Waals surface area contributed by atoms with E-state index in [-0.39, 0.29) is 11.2 Å². The normalized spacial score (nSPS) is 18.5. The quantitative estimate of drug-likeness (QED) is 0.655. The van der Waals surface area contributed by atoms with Gasteiger partial charge in [-0.3, -0.25) is 9.67 Å². The van der Waals surface area contributed by atoms with Gasteiger partial charge in [-0.25, -0.2) is 4.79 Å². The van der Waals surface area contributed by atoms with Gasteiger partial charge in [-0.15, -0.1) is 11.8 Å². The third kappa shape index (κ3) is 3.62. The number of carbonyl (C=O) groups is 1. The first-order valence-corrected chi connectivity index (χ1v) is 10.6. The minimum Gasteiger partial charge on any atom is -0.465 e. The summed E-state index contributed by atoms with van der Waals surface area (Å²) in [5, 5.41) is 8.51. The molecular formula is C22H24N4O2S. The first-order valence-electron chi connectivity index (χ1n) is 9.55. The molecule has 1 aliphatic heterocycles. The zero-order valence-corrected chi connectivity index (χ0v) is 17.8. The Morgan fingerprint density at radius 1 is 1.31 bits per heavy atom. The molecule has 0 radical (unpaired) electrons. The first kappa shape index (κ1) is 19.5. The van der Waals surface area contributed by atoms with E-state index in [2.05, 4.69) is 17.2 Å². The number of aryl methyl sites for hydroxylation is 2. The molecule has 150 valence electrons. The number of nitrogens with zero attached hydrogens (tertiary/aromatic N) is 3. The summed E-state index contributed by atoms with van der Waals surface area (Å²) in [6, 6.07) is 12.0. The average molecular weight is 409 g/mol. The fourth-order valence-corrected chi connectivity index (χ4v) is 5.11. The highest BCUT2D eigenvalue weighted by Gasteiger charge is 2.32. The summed E-state index contributed by atoms with van der Waals surface area (Å²) in [6.45, 7) is 4.22. The third-order valence-electron chi connectivity index (χ3n) is 5.12. The van der Waals surface area contributed by atoms with E-state index in [4.69, 9.17) is 9.84 Å². The number of hydrogen-bond acceptors (Lipinski definition) is 6.